The molecule has 18 heavy (non-hydrogen) atoms. The molecule has 2 aromatic rings. The Morgan fingerprint density at radius 2 is 2.11 bits per heavy atom. The summed E-state index contributed by atoms with van der Waals surface area (Å²) in [6.45, 7) is 0.100. The maximum absolute atomic E-state index is 11.8. The van der Waals surface area contributed by atoms with Crippen LogP contribution < -0.4 is 4.72 Å². The van der Waals surface area contributed by atoms with Crippen molar-refractivity contribution in [3.63, 3.8) is 0 Å². The average Bonchev–Trinajstić information content (AvgIpc) is 2.83. The third-order valence-electron chi connectivity index (χ3n) is 2.26. The van der Waals surface area contributed by atoms with Gasteiger partial charge in [0.15, 0.2) is 6.39 Å². The molecule has 1 aromatic carbocycles. The van der Waals surface area contributed by atoms with E-state index in [2.05, 4.69) is 9.71 Å². The number of aromatic nitrogens is 1. The second kappa shape index (κ2) is 5.51. The molecule has 96 valence electrons. The van der Waals surface area contributed by atoms with Gasteiger partial charge in [0.1, 0.15) is 6.26 Å². The Kier molecular flexibility index (Phi) is 4.00. The fourth-order valence-electron chi connectivity index (χ4n) is 1.38. The molecular weight excluding hydrogens is 276 g/mol. The van der Waals surface area contributed by atoms with Gasteiger partial charge in [0.25, 0.3) is 0 Å². The normalized spacial score (nSPS) is 11.6. The third-order valence-corrected chi connectivity index (χ3v) is 3.90. The fourth-order valence-corrected chi connectivity index (χ4v) is 2.79. The Balaban J connectivity index is 2.02. The van der Waals surface area contributed by atoms with Crippen molar-refractivity contribution in [3.05, 3.63) is 53.2 Å². The van der Waals surface area contributed by atoms with Crippen LogP contribution in [0.4, 0.5) is 0 Å². The molecule has 5 nitrogen and oxygen atoms in total. The molecule has 0 unspecified atom stereocenters. The summed E-state index contributed by atoms with van der Waals surface area (Å²) in [6, 6.07) is 6.83. The Bertz CT molecular complexity index is 611. The number of nitrogens with one attached hydrogen (secondary N) is 1. The minimum atomic E-state index is -3.45. The van der Waals surface area contributed by atoms with Crippen molar-refractivity contribution < 1.29 is 12.8 Å². The molecule has 0 saturated carbocycles. The van der Waals surface area contributed by atoms with E-state index in [0.29, 0.717) is 16.3 Å². The molecule has 2 rings (SSSR count). The van der Waals surface area contributed by atoms with Crippen LogP contribution in [-0.2, 0) is 22.3 Å². The maximum atomic E-state index is 11.8. The molecule has 1 aromatic heterocycles. The smallest absolute Gasteiger partial charge is 0.216 e. The molecule has 0 aliphatic carbocycles. The van der Waals surface area contributed by atoms with Gasteiger partial charge in [0.05, 0.1) is 18.0 Å². The quantitative estimate of drug-likeness (QED) is 0.912. The Morgan fingerprint density at radius 1 is 1.33 bits per heavy atom. The lowest BCUT2D eigenvalue weighted by Crippen LogP contribution is -2.24. The zero-order chi connectivity index (χ0) is 13.0. The van der Waals surface area contributed by atoms with E-state index in [1.165, 1.54) is 12.7 Å². The number of nitrogens with zero attached hydrogens (tertiary/aromatic N) is 1. The zero-order valence-electron chi connectivity index (χ0n) is 9.34. The molecule has 0 amide bonds. The van der Waals surface area contributed by atoms with Crippen molar-refractivity contribution in [2.45, 2.75) is 12.3 Å². The largest absolute Gasteiger partial charge is 0.451 e. The molecule has 0 saturated heterocycles. The Labute approximate surface area is 110 Å². The second-order valence-corrected chi connectivity index (χ2v) is 5.87. The van der Waals surface area contributed by atoms with Crippen molar-refractivity contribution >= 4 is 21.6 Å². The number of hydrogen-bond acceptors (Lipinski definition) is 4. The highest BCUT2D eigenvalue weighted by atomic mass is 35.5. The van der Waals surface area contributed by atoms with Gasteiger partial charge in [0, 0.05) is 5.02 Å². The van der Waals surface area contributed by atoms with E-state index in [-0.39, 0.29) is 12.3 Å². The van der Waals surface area contributed by atoms with Gasteiger partial charge < -0.3 is 4.42 Å². The molecular formula is C11H11ClN2O3S. The van der Waals surface area contributed by atoms with Crippen LogP contribution in [0.2, 0.25) is 5.02 Å². The highest BCUT2D eigenvalue weighted by Crippen LogP contribution is 2.17. The van der Waals surface area contributed by atoms with Crippen LogP contribution in [0.1, 0.15) is 11.3 Å². The van der Waals surface area contributed by atoms with Crippen molar-refractivity contribution in [1.29, 1.82) is 0 Å². The molecule has 0 spiro atoms. The van der Waals surface area contributed by atoms with Gasteiger partial charge in [0.2, 0.25) is 10.0 Å². The van der Waals surface area contributed by atoms with Crippen molar-refractivity contribution in [3.8, 4) is 0 Å². The molecule has 0 aliphatic rings. The van der Waals surface area contributed by atoms with E-state index in [9.17, 15) is 8.42 Å². The lowest BCUT2D eigenvalue weighted by atomic mass is 10.2. The monoisotopic (exact) mass is 286 g/mol. The van der Waals surface area contributed by atoms with Crippen LogP contribution in [0.15, 0.2) is 41.3 Å². The van der Waals surface area contributed by atoms with E-state index >= 15 is 0 Å². The first-order valence-corrected chi connectivity index (χ1v) is 7.18. The van der Waals surface area contributed by atoms with Crippen LogP contribution in [0.5, 0.6) is 0 Å². The van der Waals surface area contributed by atoms with Gasteiger partial charge in [-0.3, -0.25) is 0 Å². The summed E-state index contributed by atoms with van der Waals surface area (Å²) in [5, 5.41) is 0.435. The molecule has 0 aliphatic heterocycles. The number of halogens is 1. The summed E-state index contributed by atoms with van der Waals surface area (Å²) in [6.07, 6.45) is 2.63. The van der Waals surface area contributed by atoms with Crippen LogP contribution in [0.25, 0.3) is 0 Å². The molecule has 0 radical (unpaired) electrons. The van der Waals surface area contributed by atoms with E-state index in [1.54, 1.807) is 24.3 Å². The summed E-state index contributed by atoms with van der Waals surface area (Å²) in [4.78, 5) is 3.82. The molecule has 7 heteroatoms. The van der Waals surface area contributed by atoms with Crippen molar-refractivity contribution in [1.82, 2.24) is 9.71 Å². The van der Waals surface area contributed by atoms with E-state index in [0.717, 1.165) is 0 Å². The van der Waals surface area contributed by atoms with Gasteiger partial charge in [-0.05, 0) is 11.6 Å². The van der Waals surface area contributed by atoms with Gasteiger partial charge in [-0.15, -0.1) is 0 Å². The van der Waals surface area contributed by atoms with E-state index < -0.39 is 10.0 Å². The predicted molar refractivity (Wildman–Crippen MR) is 67.4 cm³/mol. The Morgan fingerprint density at radius 3 is 2.78 bits per heavy atom. The molecule has 0 bridgehead atoms. The summed E-state index contributed by atoms with van der Waals surface area (Å²) >= 11 is 5.91. The average molecular weight is 287 g/mol. The van der Waals surface area contributed by atoms with Crippen LogP contribution in [0, 0.1) is 0 Å². The summed E-state index contributed by atoms with van der Waals surface area (Å²) in [5.74, 6) is -0.162. The minimum absolute atomic E-state index is 0.100. The first-order chi connectivity index (χ1) is 8.57. The SMILES string of the molecule is O=S(=O)(Cc1ccccc1Cl)NCc1cocn1. The number of oxazole rings is 1. The third kappa shape index (κ3) is 3.56. The number of hydrogen-bond donors (Lipinski definition) is 1. The summed E-state index contributed by atoms with van der Waals surface area (Å²) < 4.78 is 30.8. The molecule has 0 atom stereocenters. The number of rotatable bonds is 5. The molecule has 0 fully saturated rings. The van der Waals surface area contributed by atoms with Crippen LogP contribution >= 0.6 is 11.6 Å². The van der Waals surface area contributed by atoms with Crippen LogP contribution in [0.3, 0.4) is 0 Å². The zero-order valence-corrected chi connectivity index (χ0v) is 10.9. The van der Waals surface area contributed by atoms with E-state index in [4.69, 9.17) is 16.0 Å². The molecule has 1 N–H and O–H groups in total. The van der Waals surface area contributed by atoms with Gasteiger partial charge in [-0.1, -0.05) is 29.8 Å². The number of benzene rings is 1. The lowest BCUT2D eigenvalue weighted by Gasteiger charge is -2.06. The van der Waals surface area contributed by atoms with Crippen molar-refractivity contribution in [2.75, 3.05) is 0 Å². The predicted octanol–water partition coefficient (Wildman–Crippen LogP) is 1.95. The van der Waals surface area contributed by atoms with Gasteiger partial charge >= 0.3 is 0 Å². The van der Waals surface area contributed by atoms with Gasteiger partial charge in [-0.2, -0.15) is 0 Å². The standard InChI is InChI=1S/C11H11ClN2O3S/c12-11-4-2-1-3-9(11)7-18(15,16)14-5-10-6-17-8-13-10/h1-4,6,8,14H,5,7H2. The summed E-state index contributed by atoms with van der Waals surface area (Å²) in [7, 11) is -3.45. The maximum Gasteiger partial charge on any atom is 0.216 e. The van der Waals surface area contributed by atoms with Crippen LogP contribution in [-0.4, -0.2) is 13.4 Å². The minimum Gasteiger partial charge on any atom is -0.451 e. The second-order valence-electron chi connectivity index (χ2n) is 3.65. The molecule has 1 heterocycles. The summed E-state index contributed by atoms with van der Waals surface area (Å²) in [5.41, 5.74) is 1.09. The first-order valence-electron chi connectivity index (χ1n) is 5.15. The number of sulfonamides is 1. The van der Waals surface area contributed by atoms with Gasteiger partial charge in [-0.25, -0.2) is 18.1 Å². The lowest BCUT2D eigenvalue weighted by molar-refractivity contribution is 0.555. The fraction of sp³-hybridized carbons (Fsp3) is 0.182. The Hall–Kier alpha value is -1.37. The first kappa shape index (κ1) is 13.1. The topological polar surface area (TPSA) is 72.2 Å². The van der Waals surface area contributed by atoms with Crippen molar-refractivity contribution in [2.24, 2.45) is 0 Å². The highest BCUT2D eigenvalue weighted by molar-refractivity contribution is 7.88. The van der Waals surface area contributed by atoms with E-state index in [1.807, 2.05) is 0 Å². The highest BCUT2D eigenvalue weighted by Gasteiger charge is 2.13.